The number of carbonyl (C=O) groups is 2. The predicted octanol–water partition coefficient (Wildman–Crippen LogP) is 9.34. The first kappa shape index (κ1) is 52.1. The van der Waals surface area contributed by atoms with Gasteiger partial charge in [0.1, 0.15) is 0 Å². The summed E-state index contributed by atoms with van der Waals surface area (Å²) in [5.74, 6) is 2.08. The topological polar surface area (TPSA) is 176 Å². The van der Waals surface area contributed by atoms with Crippen LogP contribution in [0.4, 0.5) is 34.1 Å². The Hall–Kier alpha value is -6.73. The summed E-state index contributed by atoms with van der Waals surface area (Å²) in [5, 5.41) is 35.4. The summed E-state index contributed by atoms with van der Waals surface area (Å²) in [6.45, 7) is 13.3. The minimum absolute atomic E-state index is 0. The summed E-state index contributed by atoms with van der Waals surface area (Å²) in [6.07, 6.45) is 3.47. The van der Waals surface area contributed by atoms with Crippen LogP contribution in [0, 0.1) is 18.8 Å². The molecule has 2 fully saturated rings. The highest BCUT2D eigenvalue weighted by Crippen LogP contribution is 2.30. The van der Waals surface area contributed by atoms with E-state index in [2.05, 4.69) is 106 Å². The second-order valence-electron chi connectivity index (χ2n) is 18.8. The molecule has 4 amide bonds. The smallest absolute Gasteiger partial charge is 0.338 e. The van der Waals surface area contributed by atoms with Gasteiger partial charge in [-0.05, 0) is 175 Å². The molecule has 0 saturated carbocycles. The quantitative estimate of drug-likeness (QED) is 0.0731. The molecule has 71 heavy (non-hydrogen) atoms. The normalized spacial score (nSPS) is 16.5. The molecular weight excluding hydrogens is 910 g/mol. The van der Waals surface area contributed by atoms with Crippen LogP contribution in [-0.2, 0) is 46.0 Å². The van der Waals surface area contributed by atoms with Crippen molar-refractivity contribution in [3.05, 3.63) is 118 Å². The molecule has 19 heteroatoms. The largest absolute Gasteiger partial charge is 0.416 e. The summed E-state index contributed by atoms with van der Waals surface area (Å²) in [7, 11) is 3.58. The average Bonchev–Trinajstić information content (AvgIpc) is 4.01. The molecule has 16 nitrogen and oxygen atoms in total. The fraction of sp³-hybridized carbons (Fsp3) is 0.462. The van der Waals surface area contributed by atoms with Gasteiger partial charge in [-0.1, -0.05) is 55.8 Å². The number of piperidine rings is 2. The lowest BCUT2D eigenvalue weighted by atomic mass is 9.97. The van der Waals surface area contributed by atoms with Gasteiger partial charge < -0.3 is 31.1 Å². The van der Waals surface area contributed by atoms with Crippen molar-refractivity contribution in [1.29, 1.82) is 0 Å². The van der Waals surface area contributed by atoms with Gasteiger partial charge in [-0.2, -0.15) is 13.2 Å². The molecule has 386 valence electrons. The summed E-state index contributed by atoms with van der Waals surface area (Å²) >= 11 is 0. The SMILES string of the molecule is CCc1cc(NC(=O)NC[C@@H]2CCCN(CCc3ccc(C(F)(F)F)cc3)C2)cc(-c2nnnn2C)c1.CCc1cc(NC(=O)NC[C@@H]2CCCN(CCc3ccc(C)cc3)C2)cc(-c2nnnn2C)c1.[HH].[HH].[HH].[HH]. The molecule has 2 aromatic heterocycles. The summed E-state index contributed by atoms with van der Waals surface area (Å²) in [5.41, 5.74) is 8.27. The van der Waals surface area contributed by atoms with Crippen LogP contribution in [0.3, 0.4) is 0 Å². The van der Waals surface area contributed by atoms with Crippen LogP contribution in [0.25, 0.3) is 22.8 Å². The van der Waals surface area contributed by atoms with Gasteiger partial charge >= 0.3 is 18.2 Å². The van der Waals surface area contributed by atoms with E-state index in [1.807, 2.05) is 44.3 Å². The number of aryl methyl sites for hydroxylation is 5. The van der Waals surface area contributed by atoms with E-state index >= 15 is 0 Å². The lowest BCUT2D eigenvalue weighted by Gasteiger charge is -2.32. The average molecular weight is 985 g/mol. The third-order valence-corrected chi connectivity index (χ3v) is 13.2. The minimum atomic E-state index is -4.31. The number of hydrogen-bond acceptors (Lipinski definition) is 10. The number of tetrazole rings is 2. The van der Waals surface area contributed by atoms with E-state index in [-0.39, 0.29) is 17.8 Å². The Bertz CT molecular complexity index is 2670. The van der Waals surface area contributed by atoms with Crippen LogP contribution in [0.2, 0.25) is 0 Å². The highest BCUT2D eigenvalue weighted by Gasteiger charge is 2.30. The van der Waals surface area contributed by atoms with Crippen molar-refractivity contribution in [3.8, 4) is 22.8 Å². The number of hydrogen-bond donors (Lipinski definition) is 4. The number of amides is 4. The standard InChI is InChI=1S/C26H32F3N7O.C26H35N7O.4H2/c1-3-18-13-21(24-32-33-34-35(24)2)15-23(14-18)31-25(37)30-16-20-5-4-11-36(17-20)12-10-19-6-8-22(9-7-19)26(27,28)29;1-4-20-14-23(25-29-30-31-32(25)3)16-24(15-20)28-26(34)27-17-22-6-5-12-33(18-22)13-11-21-9-7-19(2)8-10-21;;;;/h6-9,13-15,20H,3-5,10-12,16-17H2,1-2H3,(H2,30,31,37);7-10,14-16,22H,4-6,11-13,17-18H2,1-3H3,(H2,27,28,34);4*1H/t20-;22-;;;;/m00..../s1. The molecular formula is C52H75F3N14O2. The van der Waals surface area contributed by atoms with E-state index in [4.69, 9.17) is 0 Å². The maximum Gasteiger partial charge on any atom is 0.416 e. The van der Waals surface area contributed by atoms with E-state index in [9.17, 15) is 22.8 Å². The number of alkyl halides is 3. The van der Waals surface area contributed by atoms with E-state index in [1.54, 1.807) is 28.5 Å². The van der Waals surface area contributed by atoms with Gasteiger partial charge in [0, 0.05) is 81.6 Å². The zero-order valence-electron chi connectivity index (χ0n) is 41.5. The van der Waals surface area contributed by atoms with Gasteiger partial charge in [0.15, 0.2) is 11.6 Å². The Morgan fingerprint density at radius 3 is 1.46 bits per heavy atom. The molecule has 4 aromatic carbocycles. The lowest BCUT2D eigenvalue weighted by Crippen LogP contribution is -2.42. The van der Waals surface area contributed by atoms with E-state index in [1.165, 1.54) is 17.5 Å². The van der Waals surface area contributed by atoms with Crippen molar-refractivity contribution < 1.29 is 28.5 Å². The third-order valence-electron chi connectivity index (χ3n) is 13.2. The predicted molar refractivity (Wildman–Crippen MR) is 278 cm³/mol. The van der Waals surface area contributed by atoms with Crippen LogP contribution < -0.4 is 21.3 Å². The van der Waals surface area contributed by atoms with Gasteiger partial charge in [0.05, 0.1) is 5.56 Å². The number of carbonyl (C=O) groups excluding carboxylic acids is 2. The maximum atomic E-state index is 12.8. The number of anilines is 2. The molecule has 0 radical (unpaired) electrons. The van der Waals surface area contributed by atoms with Gasteiger partial charge in [0.2, 0.25) is 0 Å². The molecule has 6 aromatic rings. The zero-order valence-corrected chi connectivity index (χ0v) is 41.5. The van der Waals surface area contributed by atoms with Crippen LogP contribution in [0.1, 0.15) is 78.6 Å². The number of urea groups is 2. The van der Waals surface area contributed by atoms with Gasteiger partial charge in [-0.25, -0.2) is 19.0 Å². The molecule has 4 N–H and O–H groups in total. The Morgan fingerprint density at radius 1 is 0.634 bits per heavy atom. The Labute approximate surface area is 420 Å². The van der Waals surface area contributed by atoms with Crippen LogP contribution >= 0.6 is 0 Å². The minimum Gasteiger partial charge on any atom is -0.338 e. The molecule has 0 spiro atoms. The van der Waals surface area contributed by atoms with E-state index in [0.29, 0.717) is 48.7 Å². The Kier molecular flexibility index (Phi) is 18.3. The molecule has 0 bridgehead atoms. The lowest BCUT2D eigenvalue weighted by molar-refractivity contribution is -0.137. The number of halogens is 3. The number of nitrogens with one attached hydrogen (secondary N) is 4. The van der Waals surface area contributed by atoms with Gasteiger partial charge in [-0.3, -0.25) is 0 Å². The monoisotopic (exact) mass is 985 g/mol. The number of benzene rings is 4. The van der Waals surface area contributed by atoms with Crippen molar-refractivity contribution in [2.45, 2.75) is 78.3 Å². The number of aromatic nitrogens is 8. The van der Waals surface area contributed by atoms with Crippen molar-refractivity contribution >= 4 is 23.4 Å². The van der Waals surface area contributed by atoms with Crippen LogP contribution in [-0.4, -0.2) is 115 Å². The summed E-state index contributed by atoms with van der Waals surface area (Å²) in [6, 6.07) is 25.5. The van der Waals surface area contributed by atoms with Gasteiger partial charge in [0.25, 0.3) is 0 Å². The number of nitrogens with zero attached hydrogens (tertiary/aromatic N) is 10. The first-order valence-electron chi connectivity index (χ1n) is 24.7. The van der Waals surface area contributed by atoms with Crippen molar-refractivity contribution in [2.24, 2.45) is 25.9 Å². The molecule has 2 atom stereocenters. The van der Waals surface area contributed by atoms with E-state index < -0.39 is 11.7 Å². The number of rotatable bonds is 16. The molecule has 2 saturated heterocycles. The highest BCUT2D eigenvalue weighted by molar-refractivity contribution is 5.91. The Morgan fingerprint density at radius 2 is 1.07 bits per heavy atom. The third kappa shape index (κ3) is 15.6. The summed E-state index contributed by atoms with van der Waals surface area (Å²) in [4.78, 5) is 30.2. The molecule has 2 aliphatic heterocycles. The molecule has 0 aliphatic carbocycles. The first-order valence-corrected chi connectivity index (χ1v) is 24.7. The molecule has 8 rings (SSSR count). The van der Waals surface area contributed by atoms with Gasteiger partial charge in [-0.15, -0.1) is 10.2 Å². The second-order valence-corrected chi connectivity index (χ2v) is 18.8. The number of likely N-dealkylation sites (tertiary alicyclic amines) is 2. The fourth-order valence-corrected chi connectivity index (χ4v) is 9.20. The van der Waals surface area contributed by atoms with Crippen LogP contribution in [0.5, 0.6) is 0 Å². The molecule has 2 aliphatic rings. The summed E-state index contributed by atoms with van der Waals surface area (Å²) < 4.78 is 41.5. The first-order chi connectivity index (χ1) is 34.2. The van der Waals surface area contributed by atoms with Crippen molar-refractivity contribution in [3.63, 3.8) is 0 Å². The highest BCUT2D eigenvalue weighted by atomic mass is 19.4. The van der Waals surface area contributed by atoms with Crippen molar-refractivity contribution in [2.75, 3.05) is 63.0 Å². The molecule has 4 heterocycles. The Balaban J connectivity index is 0.000000376. The van der Waals surface area contributed by atoms with E-state index in [0.717, 1.165) is 123 Å². The molecule has 0 unspecified atom stereocenters. The second kappa shape index (κ2) is 24.9. The van der Waals surface area contributed by atoms with Crippen LogP contribution in [0.15, 0.2) is 84.9 Å². The zero-order chi connectivity index (χ0) is 50.3. The maximum absolute atomic E-state index is 12.8. The van der Waals surface area contributed by atoms with Crippen molar-refractivity contribution in [1.82, 2.24) is 60.8 Å². The fourth-order valence-electron chi connectivity index (χ4n) is 9.20.